The lowest BCUT2D eigenvalue weighted by Crippen LogP contribution is -2.55. The minimum absolute atomic E-state index is 0.174. The van der Waals surface area contributed by atoms with Crippen LogP contribution < -0.4 is 11.2 Å². The number of H-pyrrole nitrogens is 1. The zero-order valence-electron chi connectivity index (χ0n) is 13.4. The molecule has 0 spiro atoms. The monoisotopic (exact) mass is 350 g/mol. The third kappa shape index (κ3) is 2.92. The molecule has 0 saturated carbocycles. The number of aromatic nitrogens is 3. The third-order valence-corrected chi connectivity index (χ3v) is 5.17. The number of nitrogens with one attached hydrogen (secondary N) is 1. The fourth-order valence-corrected chi connectivity index (χ4v) is 3.48. The number of piperidine rings is 1. The Hall–Kier alpha value is -2.26. The number of aliphatic hydroxyl groups is 1. The van der Waals surface area contributed by atoms with E-state index in [0.717, 1.165) is 0 Å². The van der Waals surface area contributed by atoms with E-state index in [9.17, 15) is 19.5 Å². The number of thiazole rings is 1. The van der Waals surface area contributed by atoms with Crippen molar-refractivity contribution in [1.29, 1.82) is 0 Å². The van der Waals surface area contributed by atoms with E-state index in [-0.39, 0.29) is 12.5 Å². The van der Waals surface area contributed by atoms with Gasteiger partial charge in [-0.2, -0.15) is 0 Å². The lowest BCUT2D eigenvalue weighted by molar-refractivity contribution is -0.0459. The largest absolute Gasteiger partial charge is 0.388 e. The summed E-state index contributed by atoms with van der Waals surface area (Å²) in [4.78, 5) is 44.5. The lowest BCUT2D eigenvalue weighted by atomic mass is 9.88. The Kier molecular flexibility index (Phi) is 4.14. The van der Waals surface area contributed by atoms with Crippen LogP contribution in [0, 0.1) is 6.92 Å². The fourth-order valence-electron chi connectivity index (χ4n) is 2.89. The summed E-state index contributed by atoms with van der Waals surface area (Å²) in [6, 6.07) is -0.647. The molecule has 1 fully saturated rings. The lowest BCUT2D eigenvalue weighted by Gasteiger charge is -2.43. The van der Waals surface area contributed by atoms with Gasteiger partial charge in [-0.25, -0.2) is 4.79 Å². The predicted octanol–water partition coefficient (Wildman–Crippen LogP) is 0.140. The van der Waals surface area contributed by atoms with E-state index in [2.05, 4.69) is 9.97 Å². The topological polar surface area (TPSA) is 108 Å². The van der Waals surface area contributed by atoms with E-state index in [1.807, 2.05) is 0 Å². The van der Waals surface area contributed by atoms with Gasteiger partial charge in [0.15, 0.2) is 0 Å². The number of amides is 1. The van der Waals surface area contributed by atoms with Gasteiger partial charge in [-0.1, -0.05) is 0 Å². The maximum atomic E-state index is 12.5. The number of likely N-dealkylation sites (tertiary alicyclic amines) is 1. The standard InChI is InChI=1S/C15H18N4O4S/c1-9-6-19(14(22)17-12(9)20)11-7-18(4-3-15(11,2)23)13(21)10-5-16-8-24-10/h5-6,8,11,23H,3-4,7H2,1-2H3,(H,17,20,22)/t11-,15-/m1/s1. The molecule has 24 heavy (non-hydrogen) atoms. The molecule has 8 nitrogen and oxygen atoms in total. The number of rotatable bonds is 2. The highest BCUT2D eigenvalue weighted by Gasteiger charge is 2.41. The summed E-state index contributed by atoms with van der Waals surface area (Å²) in [5, 5.41) is 10.7. The molecule has 0 unspecified atom stereocenters. The Bertz CT molecular complexity index is 868. The second-order valence-corrected chi connectivity index (χ2v) is 7.10. The van der Waals surface area contributed by atoms with Gasteiger partial charge in [0.05, 0.1) is 23.4 Å². The van der Waals surface area contributed by atoms with Gasteiger partial charge in [0.1, 0.15) is 4.88 Å². The van der Waals surface area contributed by atoms with Crippen molar-refractivity contribution in [3.8, 4) is 0 Å². The van der Waals surface area contributed by atoms with Crippen LogP contribution in [-0.2, 0) is 0 Å². The molecular formula is C15H18N4O4S. The van der Waals surface area contributed by atoms with Crippen LogP contribution in [0.2, 0.25) is 0 Å². The Morgan fingerprint density at radius 2 is 2.25 bits per heavy atom. The number of aromatic amines is 1. The molecule has 3 rings (SSSR count). The van der Waals surface area contributed by atoms with Gasteiger partial charge >= 0.3 is 5.69 Å². The van der Waals surface area contributed by atoms with Crippen molar-refractivity contribution < 1.29 is 9.90 Å². The summed E-state index contributed by atoms with van der Waals surface area (Å²) < 4.78 is 1.31. The smallest absolute Gasteiger partial charge is 0.328 e. The molecule has 1 amide bonds. The molecule has 9 heteroatoms. The molecule has 2 atom stereocenters. The normalized spacial score (nSPS) is 24.1. The van der Waals surface area contributed by atoms with E-state index in [1.54, 1.807) is 24.3 Å². The number of nitrogens with zero attached hydrogens (tertiary/aromatic N) is 3. The molecule has 0 radical (unpaired) electrons. The molecule has 1 aliphatic heterocycles. The van der Waals surface area contributed by atoms with Crippen molar-refractivity contribution in [2.45, 2.75) is 31.9 Å². The van der Waals surface area contributed by atoms with Crippen LogP contribution in [0.4, 0.5) is 0 Å². The first-order valence-electron chi connectivity index (χ1n) is 7.52. The van der Waals surface area contributed by atoms with Crippen molar-refractivity contribution in [3.05, 3.63) is 49.2 Å². The molecule has 2 aromatic rings. The van der Waals surface area contributed by atoms with Crippen molar-refractivity contribution in [1.82, 2.24) is 19.4 Å². The quantitative estimate of drug-likeness (QED) is 0.801. The van der Waals surface area contributed by atoms with Crippen LogP contribution in [0.5, 0.6) is 0 Å². The molecule has 128 valence electrons. The van der Waals surface area contributed by atoms with Gasteiger partial charge in [0.25, 0.3) is 11.5 Å². The van der Waals surface area contributed by atoms with Gasteiger partial charge in [0.2, 0.25) is 0 Å². The molecule has 2 aromatic heterocycles. The third-order valence-electron chi connectivity index (χ3n) is 4.41. The van der Waals surface area contributed by atoms with Crippen LogP contribution in [0.25, 0.3) is 0 Å². The highest BCUT2D eigenvalue weighted by molar-refractivity contribution is 7.11. The Labute approximate surface area is 141 Å². The van der Waals surface area contributed by atoms with Crippen LogP contribution in [0.1, 0.15) is 34.6 Å². The van der Waals surface area contributed by atoms with Crippen LogP contribution >= 0.6 is 11.3 Å². The van der Waals surface area contributed by atoms with Gasteiger partial charge in [0, 0.05) is 24.8 Å². The van der Waals surface area contributed by atoms with E-state index >= 15 is 0 Å². The van der Waals surface area contributed by atoms with E-state index in [4.69, 9.17) is 0 Å². The average molecular weight is 350 g/mol. The Morgan fingerprint density at radius 3 is 2.92 bits per heavy atom. The maximum absolute atomic E-state index is 12.5. The molecule has 0 aliphatic carbocycles. The van der Waals surface area contributed by atoms with Crippen LogP contribution in [0.3, 0.4) is 0 Å². The van der Waals surface area contributed by atoms with Crippen molar-refractivity contribution in [2.75, 3.05) is 13.1 Å². The summed E-state index contributed by atoms with van der Waals surface area (Å²) in [6.45, 7) is 3.79. The second kappa shape index (κ2) is 5.99. The summed E-state index contributed by atoms with van der Waals surface area (Å²) in [7, 11) is 0. The fraction of sp³-hybridized carbons (Fsp3) is 0.467. The van der Waals surface area contributed by atoms with E-state index in [1.165, 1.54) is 28.3 Å². The highest BCUT2D eigenvalue weighted by atomic mass is 32.1. The molecule has 2 N–H and O–H groups in total. The summed E-state index contributed by atoms with van der Waals surface area (Å²) in [5.74, 6) is -0.174. The summed E-state index contributed by atoms with van der Waals surface area (Å²) >= 11 is 1.25. The Morgan fingerprint density at radius 1 is 1.50 bits per heavy atom. The minimum atomic E-state index is -1.17. The SMILES string of the molecule is Cc1cn([C@@H]2CN(C(=O)c3cncs3)CC[C@@]2(C)O)c(=O)[nH]c1=O. The first-order chi connectivity index (χ1) is 11.3. The molecular weight excluding hydrogens is 332 g/mol. The second-order valence-electron chi connectivity index (χ2n) is 6.22. The molecule has 1 aliphatic rings. The van der Waals surface area contributed by atoms with Gasteiger partial charge in [-0.05, 0) is 20.3 Å². The minimum Gasteiger partial charge on any atom is -0.388 e. The number of hydrogen-bond donors (Lipinski definition) is 2. The summed E-state index contributed by atoms with van der Waals surface area (Å²) in [5.41, 5.74) is -0.261. The predicted molar refractivity (Wildman–Crippen MR) is 88.4 cm³/mol. The van der Waals surface area contributed by atoms with E-state index in [0.29, 0.717) is 23.4 Å². The zero-order valence-corrected chi connectivity index (χ0v) is 14.2. The first kappa shape index (κ1) is 16.6. The molecule has 0 bridgehead atoms. The Balaban J connectivity index is 1.96. The highest BCUT2D eigenvalue weighted by Crippen LogP contribution is 2.31. The van der Waals surface area contributed by atoms with Crippen LogP contribution in [0.15, 0.2) is 27.5 Å². The molecule has 3 heterocycles. The average Bonchev–Trinajstić information content (AvgIpc) is 3.05. The van der Waals surface area contributed by atoms with Crippen molar-refractivity contribution in [3.63, 3.8) is 0 Å². The van der Waals surface area contributed by atoms with Crippen molar-refractivity contribution >= 4 is 17.2 Å². The first-order valence-corrected chi connectivity index (χ1v) is 8.40. The van der Waals surface area contributed by atoms with Gasteiger partial charge < -0.3 is 10.0 Å². The number of aryl methyl sites for hydroxylation is 1. The van der Waals surface area contributed by atoms with Gasteiger partial charge in [-0.15, -0.1) is 11.3 Å². The molecule has 1 saturated heterocycles. The number of hydrogen-bond acceptors (Lipinski definition) is 6. The van der Waals surface area contributed by atoms with E-state index < -0.39 is 22.9 Å². The molecule has 0 aromatic carbocycles. The maximum Gasteiger partial charge on any atom is 0.328 e. The van der Waals surface area contributed by atoms with Crippen molar-refractivity contribution in [2.24, 2.45) is 0 Å². The van der Waals surface area contributed by atoms with Gasteiger partial charge in [-0.3, -0.25) is 24.1 Å². The summed E-state index contributed by atoms with van der Waals surface area (Å²) in [6.07, 6.45) is 3.26. The number of carbonyl (C=O) groups is 1. The van der Waals surface area contributed by atoms with Crippen LogP contribution in [-0.4, -0.2) is 49.1 Å². The zero-order chi connectivity index (χ0) is 17.5. The number of carbonyl (C=O) groups excluding carboxylic acids is 1.